The number of rotatable bonds is 14. The van der Waals surface area contributed by atoms with Crippen molar-refractivity contribution in [3.63, 3.8) is 0 Å². The Morgan fingerprint density at radius 2 is 1.21 bits per heavy atom. The van der Waals surface area contributed by atoms with Crippen LogP contribution >= 0.6 is 0 Å². The number of halogens is 6. The SMILES string of the molecule is CCNOB(c1ccc(COCc2cccc(B(OCCN)c3cc(F)c(F)c(F)c3)c2)cc1)c1cc(F)c(F)c(F)c1. The zero-order valence-electron chi connectivity index (χ0n) is 23.2. The van der Waals surface area contributed by atoms with E-state index in [-0.39, 0.29) is 37.3 Å². The summed E-state index contributed by atoms with van der Waals surface area (Å²) in [6.07, 6.45) is 0. The number of hydrogen-bond donors (Lipinski definition) is 2. The highest BCUT2D eigenvalue weighted by atomic mass is 19.2. The molecule has 43 heavy (non-hydrogen) atoms. The highest BCUT2D eigenvalue weighted by Gasteiger charge is 2.26. The Kier molecular flexibility index (Phi) is 11.4. The van der Waals surface area contributed by atoms with Crippen molar-refractivity contribution in [1.29, 1.82) is 0 Å². The average molecular weight is 600 g/mol. The fraction of sp³-hybridized carbons (Fsp3) is 0.200. The summed E-state index contributed by atoms with van der Waals surface area (Å²) >= 11 is 0. The Labute approximate surface area is 246 Å². The number of hydrogen-bond acceptors (Lipinski definition) is 5. The van der Waals surface area contributed by atoms with Gasteiger partial charge in [0.25, 0.3) is 0 Å². The van der Waals surface area contributed by atoms with Crippen LogP contribution in [0.3, 0.4) is 0 Å². The largest absolute Gasteiger partial charge is 0.426 e. The molecular formula is C30H28B2F6N2O3. The first-order chi connectivity index (χ1) is 20.7. The van der Waals surface area contributed by atoms with E-state index in [2.05, 4.69) is 5.48 Å². The van der Waals surface area contributed by atoms with Crippen LogP contribution in [-0.4, -0.2) is 33.5 Å². The Balaban J connectivity index is 1.44. The van der Waals surface area contributed by atoms with E-state index in [1.807, 2.05) is 6.07 Å². The standard InChI is InChI=1S/C30H28B2F6N2O3/c1-2-40-43-32(24-15-27(35)30(38)28(36)16-24)21-8-6-19(7-9-21)17-41-18-20-4-3-5-22(12-20)31(42-11-10-39)23-13-25(33)29(37)26(34)14-23/h3-9,12-16,40H,2,10-11,17-18,39H2,1H3. The molecule has 5 nitrogen and oxygen atoms in total. The van der Waals surface area contributed by atoms with E-state index in [0.717, 1.165) is 35.4 Å². The summed E-state index contributed by atoms with van der Waals surface area (Å²) in [5, 5.41) is 0. The predicted molar refractivity (Wildman–Crippen MR) is 154 cm³/mol. The highest BCUT2D eigenvalue weighted by molar-refractivity contribution is 6.80. The first kappa shape index (κ1) is 32.3. The van der Waals surface area contributed by atoms with Crippen molar-refractivity contribution in [3.8, 4) is 0 Å². The molecule has 0 radical (unpaired) electrons. The van der Waals surface area contributed by atoms with Crippen molar-refractivity contribution >= 4 is 35.7 Å². The zero-order valence-corrected chi connectivity index (χ0v) is 23.2. The number of nitrogens with two attached hydrogens (primary N) is 1. The Bertz CT molecular complexity index is 1480. The van der Waals surface area contributed by atoms with Crippen LogP contribution in [-0.2, 0) is 27.4 Å². The molecule has 0 heterocycles. The number of benzene rings is 4. The van der Waals surface area contributed by atoms with Crippen LogP contribution in [0.1, 0.15) is 18.1 Å². The molecular weight excluding hydrogens is 572 g/mol. The van der Waals surface area contributed by atoms with Crippen LogP contribution in [0, 0.1) is 34.9 Å². The molecule has 0 aromatic heterocycles. The number of hydroxylamine groups is 1. The molecule has 0 amide bonds. The van der Waals surface area contributed by atoms with Crippen LogP contribution in [0.4, 0.5) is 26.3 Å². The molecule has 0 aliphatic carbocycles. The maximum atomic E-state index is 13.9. The van der Waals surface area contributed by atoms with E-state index >= 15 is 0 Å². The molecule has 0 saturated heterocycles. The lowest BCUT2D eigenvalue weighted by atomic mass is 9.55. The van der Waals surface area contributed by atoms with Gasteiger partial charge in [0.2, 0.25) is 0 Å². The molecule has 0 aliphatic heterocycles. The van der Waals surface area contributed by atoms with Crippen molar-refractivity contribution in [1.82, 2.24) is 5.48 Å². The second-order valence-electron chi connectivity index (χ2n) is 9.61. The van der Waals surface area contributed by atoms with Crippen molar-refractivity contribution in [2.24, 2.45) is 5.73 Å². The van der Waals surface area contributed by atoms with Crippen LogP contribution in [0.15, 0.2) is 72.8 Å². The lowest BCUT2D eigenvalue weighted by Gasteiger charge is -2.17. The summed E-state index contributed by atoms with van der Waals surface area (Å²) in [5.74, 6) is -8.39. The minimum absolute atomic E-state index is 0.0982. The van der Waals surface area contributed by atoms with Crippen molar-refractivity contribution in [3.05, 3.63) is 119 Å². The van der Waals surface area contributed by atoms with Gasteiger partial charge in [-0.25, -0.2) is 31.8 Å². The van der Waals surface area contributed by atoms with Gasteiger partial charge in [0.15, 0.2) is 34.9 Å². The van der Waals surface area contributed by atoms with Gasteiger partial charge in [-0.05, 0) is 57.2 Å². The second kappa shape index (κ2) is 15.2. The molecule has 0 fully saturated rings. The molecule has 0 unspecified atom stereocenters. The topological polar surface area (TPSA) is 65.7 Å². The summed E-state index contributed by atoms with van der Waals surface area (Å²) in [6, 6.07) is 17.5. The zero-order chi connectivity index (χ0) is 30.9. The summed E-state index contributed by atoms with van der Waals surface area (Å²) in [7, 11) is 0. The smallest absolute Gasteiger partial charge is 0.386 e. The number of ether oxygens (including phenoxy) is 1. The molecule has 0 bridgehead atoms. The second-order valence-corrected chi connectivity index (χ2v) is 9.61. The van der Waals surface area contributed by atoms with E-state index < -0.39 is 48.7 Å². The molecule has 0 spiro atoms. The maximum Gasteiger partial charge on any atom is 0.386 e. The molecule has 4 rings (SSSR count). The summed E-state index contributed by atoms with van der Waals surface area (Å²) < 4.78 is 99.8. The van der Waals surface area contributed by atoms with Crippen molar-refractivity contribution in [2.45, 2.75) is 20.1 Å². The van der Waals surface area contributed by atoms with Crippen molar-refractivity contribution in [2.75, 3.05) is 19.7 Å². The molecule has 0 aliphatic rings. The van der Waals surface area contributed by atoms with E-state index in [0.29, 0.717) is 17.5 Å². The Hall–Kier alpha value is -3.61. The van der Waals surface area contributed by atoms with Gasteiger partial charge in [0.05, 0.1) is 13.2 Å². The minimum atomic E-state index is -1.56. The summed E-state index contributed by atoms with van der Waals surface area (Å²) in [6.45, 7) is 1.09. The molecule has 4 aromatic carbocycles. The van der Waals surface area contributed by atoms with E-state index in [9.17, 15) is 26.3 Å². The third-order valence-electron chi connectivity index (χ3n) is 6.44. The lowest BCUT2D eigenvalue weighted by Crippen LogP contribution is -2.48. The number of nitrogens with one attached hydrogen (secondary N) is 1. The molecule has 13 heteroatoms. The van der Waals surface area contributed by atoms with Crippen LogP contribution in [0.25, 0.3) is 0 Å². The van der Waals surface area contributed by atoms with Gasteiger partial charge in [-0.1, -0.05) is 55.5 Å². The molecule has 4 aromatic rings. The first-order valence-electron chi connectivity index (χ1n) is 13.5. The van der Waals surface area contributed by atoms with Crippen LogP contribution < -0.4 is 33.1 Å². The van der Waals surface area contributed by atoms with Gasteiger partial charge in [-0.3, -0.25) is 0 Å². The van der Waals surface area contributed by atoms with Gasteiger partial charge in [0, 0.05) is 19.7 Å². The Morgan fingerprint density at radius 1 is 0.651 bits per heavy atom. The predicted octanol–water partition coefficient (Wildman–Crippen LogP) is 2.97. The Morgan fingerprint density at radius 3 is 1.77 bits per heavy atom. The first-order valence-corrected chi connectivity index (χ1v) is 13.5. The highest BCUT2D eigenvalue weighted by Crippen LogP contribution is 2.12. The van der Waals surface area contributed by atoms with E-state index in [1.54, 1.807) is 49.4 Å². The third-order valence-corrected chi connectivity index (χ3v) is 6.44. The van der Waals surface area contributed by atoms with E-state index in [1.165, 1.54) is 0 Å². The average Bonchev–Trinajstić information content (AvgIpc) is 3.00. The summed E-state index contributed by atoms with van der Waals surface area (Å²) in [4.78, 5) is 0. The molecule has 224 valence electrons. The van der Waals surface area contributed by atoms with Crippen LogP contribution in [0.2, 0.25) is 0 Å². The van der Waals surface area contributed by atoms with Gasteiger partial charge in [-0.2, -0.15) is 0 Å². The molecule has 3 N–H and O–H groups in total. The van der Waals surface area contributed by atoms with Gasteiger partial charge >= 0.3 is 13.8 Å². The van der Waals surface area contributed by atoms with Gasteiger partial charge in [0.1, 0.15) is 0 Å². The lowest BCUT2D eigenvalue weighted by molar-refractivity contribution is 0.107. The fourth-order valence-corrected chi connectivity index (χ4v) is 4.44. The maximum absolute atomic E-state index is 13.9. The quantitative estimate of drug-likeness (QED) is 0.101. The van der Waals surface area contributed by atoms with E-state index in [4.69, 9.17) is 19.9 Å². The van der Waals surface area contributed by atoms with Crippen molar-refractivity contribution < 1.29 is 40.5 Å². The monoisotopic (exact) mass is 600 g/mol. The fourth-order valence-electron chi connectivity index (χ4n) is 4.44. The van der Waals surface area contributed by atoms with Gasteiger partial charge < -0.3 is 19.9 Å². The normalized spacial score (nSPS) is 11.2. The third kappa shape index (κ3) is 8.27. The summed E-state index contributed by atoms with van der Waals surface area (Å²) in [5.41, 5.74) is 11.1. The molecule has 0 saturated carbocycles. The minimum Gasteiger partial charge on any atom is -0.426 e. The van der Waals surface area contributed by atoms with Gasteiger partial charge in [-0.15, -0.1) is 0 Å². The molecule has 0 atom stereocenters. The van der Waals surface area contributed by atoms with Crippen LogP contribution in [0.5, 0.6) is 0 Å².